The molecule has 0 aliphatic rings. The maximum atomic E-state index is 14.4. The summed E-state index contributed by atoms with van der Waals surface area (Å²) in [6, 6.07) is 18.5. The zero-order valence-corrected chi connectivity index (χ0v) is 23.9. The van der Waals surface area contributed by atoms with Gasteiger partial charge in [0.25, 0.3) is 0 Å². The summed E-state index contributed by atoms with van der Waals surface area (Å²) in [5.41, 5.74) is -1.66. The van der Waals surface area contributed by atoms with E-state index in [1.165, 1.54) is 0 Å². The third kappa shape index (κ3) is 4.81. The number of hydrogen-bond donors (Lipinski definition) is 0. The van der Waals surface area contributed by atoms with E-state index in [0.717, 1.165) is 24.3 Å². The molecule has 7 aromatic rings. The number of rotatable bonds is 2. The van der Waals surface area contributed by atoms with Gasteiger partial charge in [0.05, 0.1) is 21.8 Å². The Balaban J connectivity index is 1.45. The fourth-order valence-electron chi connectivity index (χ4n) is 6.23. The van der Waals surface area contributed by atoms with Crippen molar-refractivity contribution in [3.05, 3.63) is 118 Å². The molecule has 0 aromatic heterocycles. The van der Waals surface area contributed by atoms with Gasteiger partial charge in [-0.25, -0.2) is 8.78 Å². The number of alkyl halides is 6. The number of halogens is 8. The number of nitriles is 2. The molecule has 48 heavy (non-hydrogen) atoms. The first-order chi connectivity index (χ1) is 22.8. The fourth-order valence-corrected chi connectivity index (χ4v) is 6.23. The molecule has 0 heterocycles. The summed E-state index contributed by atoms with van der Waals surface area (Å²) in [6.07, 6.45) is -6.18. The summed E-state index contributed by atoms with van der Waals surface area (Å²) >= 11 is 0. The molecular formula is C36H14F8N4. The zero-order valence-electron chi connectivity index (χ0n) is 23.9. The standard InChI is InChI=1S/C36H14F8N4/c37-31-11-19(3-7-29(31)35(39,40)41)17-1-5-21-23-13-24-22-6-2-18(20-4-8-30(32(38)12-20)36(42,43)44)10-26(22)34(48-16-46)28(24)14-27(23)33(47-15-45)25(21)9-17/h1-14H/b47-33-,48-34+. The Bertz CT molecular complexity index is 2520. The van der Waals surface area contributed by atoms with Gasteiger partial charge in [0, 0.05) is 21.5 Å². The molecule has 12 heteroatoms. The minimum Gasteiger partial charge on any atom is -0.206 e. The van der Waals surface area contributed by atoms with Crippen LogP contribution in [0.5, 0.6) is 0 Å². The summed E-state index contributed by atoms with van der Waals surface area (Å²) in [6.45, 7) is 0. The van der Waals surface area contributed by atoms with Crippen LogP contribution >= 0.6 is 0 Å². The maximum Gasteiger partial charge on any atom is 0.419 e. The summed E-state index contributed by atoms with van der Waals surface area (Å²) in [7, 11) is 0. The van der Waals surface area contributed by atoms with Gasteiger partial charge in [0.1, 0.15) is 11.6 Å². The predicted octanol–water partition coefficient (Wildman–Crippen LogP) is 9.59. The van der Waals surface area contributed by atoms with Gasteiger partial charge >= 0.3 is 12.4 Å². The van der Waals surface area contributed by atoms with Crippen LogP contribution in [0.4, 0.5) is 35.1 Å². The summed E-state index contributed by atoms with van der Waals surface area (Å²) < 4.78 is 107. The van der Waals surface area contributed by atoms with Crippen molar-refractivity contribution in [2.24, 2.45) is 9.98 Å². The molecule has 0 N–H and O–H groups in total. The molecule has 0 fully saturated rings. The highest BCUT2D eigenvalue weighted by Crippen LogP contribution is 2.38. The SMILES string of the molecule is N#C/N=c1/c2cc(-c3ccc(C(F)(F)F)c(F)c3)ccc2c2cc3c(cc12)/c(=N/C#N)c1cc(-c2ccc(C(F)(F)F)c(F)c2)ccc13. The predicted molar refractivity (Wildman–Crippen MR) is 162 cm³/mol. The van der Waals surface area contributed by atoms with E-state index in [1.54, 1.807) is 54.9 Å². The topological polar surface area (TPSA) is 72.3 Å². The molecule has 0 spiro atoms. The average Bonchev–Trinajstić information content (AvgIpc) is 3.49. The Morgan fingerprint density at radius 3 is 1.10 bits per heavy atom. The Morgan fingerprint density at radius 1 is 0.417 bits per heavy atom. The quantitative estimate of drug-likeness (QED) is 0.138. The van der Waals surface area contributed by atoms with Crippen LogP contribution < -0.4 is 10.7 Å². The molecule has 0 bridgehead atoms. The van der Waals surface area contributed by atoms with Gasteiger partial charge in [-0.1, -0.05) is 36.4 Å². The van der Waals surface area contributed by atoms with Crippen molar-refractivity contribution >= 4 is 43.1 Å². The third-order valence-electron chi connectivity index (χ3n) is 8.34. The molecule has 7 rings (SSSR count). The summed E-state index contributed by atoms with van der Waals surface area (Å²) in [4.78, 5) is 8.03. The lowest BCUT2D eigenvalue weighted by atomic mass is 10.00. The number of fused-ring (bicyclic) bond motifs is 6. The number of hydrogen-bond acceptors (Lipinski definition) is 4. The van der Waals surface area contributed by atoms with E-state index in [2.05, 4.69) is 9.98 Å². The molecular weight excluding hydrogens is 640 g/mol. The molecule has 0 aliphatic carbocycles. The zero-order chi connectivity index (χ0) is 34.1. The molecule has 7 aromatic carbocycles. The van der Waals surface area contributed by atoms with Crippen molar-refractivity contribution in [2.45, 2.75) is 12.4 Å². The van der Waals surface area contributed by atoms with E-state index >= 15 is 0 Å². The number of benzene rings is 5. The van der Waals surface area contributed by atoms with Crippen LogP contribution in [-0.4, -0.2) is 0 Å². The molecule has 0 aliphatic heterocycles. The summed E-state index contributed by atoms with van der Waals surface area (Å²) in [5.74, 6) is -2.86. The minimum absolute atomic E-state index is 0.180. The molecule has 0 unspecified atom stereocenters. The van der Waals surface area contributed by atoms with Gasteiger partial charge in [-0.15, -0.1) is 0 Å². The van der Waals surface area contributed by atoms with Crippen LogP contribution in [0, 0.1) is 34.5 Å². The van der Waals surface area contributed by atoms with E-state index in [0.29, 0.717) is 66.3 Å². The van der Waals surface area contributed by atoms with Crippen molar-refractivity contribution in [3.63, 3.8) is 0 Å². The second-order valence-corrected chi connectivity index (χ2v) is 11.0. The first-order valence-electron chi connectivity index (χ1n) is 14.0. The van der Waals surface area contributed by atoms with Crippen LogP contribution in [0.3, 0.4) is 0 Å². The van der Waals surface area contributed by atoms with E-state index < -0.39 is 35.1 Å². The Hall–Kier alpha value is -6.14. The second kappa shape index (κ2) is 10.7. The van der Waals surface area contributed by atoms with Crippen LogP contribution in [0.2, 0.25) is 0 Å². The Kier molecular flexibility index (Phi) is 6.81. The molecule has 234 valence electrons. The van der Waals surface area contributed by atoms with E-state index in [4.69, 9.17) is 0 Å². The lowest BCUT2D eigenvalue weighted by Gasteiger charge is -2.10. The van der Waals surface area contributed by atoms with Crippen LogP contribution in [-0.2, 0) is 12.4 Å². The highest BCUT2D eigenvalue weighted by molar-refractivity contribution is 6.21. The maximum absolute atomic E-state index is 14.4. The second-order valence-electron chi connectivity index (χ2n) is 11.0. The molecule has 0 atom stereocenters. The summed E-state index contributed by atoms with van der Waals surface area (Å²) in [5, 5.41) is 24.1. The molecule has 0 saturated heterocycles. The normalized spacial score (nSPS) is 13.2. The van der Waals surface area contributed by atoms with E-state index in [1.807, 2.05) is 6.07 Å². The smallest absolute Gasteiger partial charge is 0.206 e. The van der Waals surface area contributed by atoms with Crippen molar-refractivity contribution < 1.29 is 35.1 Å². The minimum atomic E-state index is -4.86. The highest BCUT2D eigenvalue weighted by atomic mass is 19.4. The van der Waals surface area contributed by atoms with Crippen molar-refractivity contribution in [3.8, 4) is 34.6 Å². The Labute approximate surface area is 264 Å². The van der Waals surface area contributed by atoms with Crippen molar-refractivity contribution in [1.29, 1.82) is 10.5 Å². The van der Waals surface area contributed by atoms with Crippen molar-refractivity contribution in [2.75, 3.05) is 0 Å². The van der Waals surface area contributed by atoms with Crippen LogP contribution in [0.1, 0.15) is 11.1 Å². The first kappa shape index (κ1) is 30.5. The monoisotopic (exact) mass is 654 g/mol. The largest absolute Gasteiger partial charge is 0.419 e. The molecule has 0 saturated carbocycles. The molecule has 0 radical (unpaired) electrons. The van der Waals surface area contributed by atoms with E-state index in [-0.39, 0.29) is 21.8 Å². The highest BCUT2D eigenvalue weighted by Gasteiger charge is 2.35. The van der Waals surface area contributed by atoms with Crippen molar-refractivity contribution in [1.82, 2.24) is 0 Å². The van der Waals surface area contributed by atoms with Gasteiger partial charge in [-0.2, -0.15) is 46.9 Å². The first-order valence-corrected chi connectivity index (χ1v) is 14.0. The van der Waals surface area contributed by atoms with Gasteiger partial charge in [-0.05, 0) is 92.3 Å². The Morgan fingerprint density at radius 2 is 0.750 bits per heavy atom. The molecule has 4 nitrogen and oxygen atoms in total. The fraction of sp³-hybridized carbons (Fsp3) is 0.0556. The molecule has 0 amide bonds. The van der Waals surface area contributed by atoms with Gasteiger partial charge in [0.15, 0.2) is 0 Å². The number of nitrogens with zero attached hydrogens (tertiary/aromatic N) is 4. The van der Waals surface area contributed by atoms with Gasteiger partial charge in [-0.3, -0.25) is 0 Å². The lowest BCUT2D eigenvalue weighted by molar-refractivity contribution is -0.140. The van der Waals surface area contributed by atoms with Gasteiger partial charge in [0.2, 0.25) is 12.4 Å². The third-order valence-corrected chi connectivity index (χ3v) is 8.34. The van der Waals surface area contributed by atoms with Crippen LogP contribution in [0.25, 0.3) is 65.3 Å². The van der Waals surface area contributed by atoms with E-state index in [9.17, 15) is 45.6 Å². The van der Waals surface area contributed by atoms with Gasteiger partial charge < -0.3 is 0 Å². The lowest BCUT2D eigenvalue weighted by Crippen LogP contribution is -2.07. The van der Waals surface area contributed by atoms with Crippen LogP contribution in [0.15, 0.2) is 94.9 Å². The average molecular weight is 655 g/mol.